The van der Waals surface area contributed by atoms with Crippen molar-refractivity contribution >= 4 is 44.4 Å². The van der Waals surface area contributed by atoms with Gasteiger partial charge in [-0.2, -0.15) is 9.50 Å². The lowest BCUT2D eigenvalue weighted by Gasteiger charge is -2.22. The Kier molecular flexibility index (Phi) is 4.14. The predicted octanol–water partition coefficient (Wildman–Crippen LogP) is 3.94. The highest BCUT2D eigenvalue weighted by Gasteiger charge is 2.18. The van der Waals surface area contributed by atoms with Gasteiger partial charge in [-0.3, -0.25) is 4.79 Å². The molecule has 138 valence electrons. The Bertz CT molecular complexity index is 1340. The molecule has 4 aromatic rings. The number of rotatable bonds is 2. The molecule has 5 rings (SSSR count). The maximum Gasteiger partial charge on any atom is 0.291 e. The summed E-state index contributed by atoms with van der Waals surface area (Å²) in [4.78, 5) is 17.9. The molecule has 0 unspecified atom stereocenters. The van der Waals surface area contributed by atoms with Crippen LogP contribution in [0, 0.1) is 0 Å². The lowest BCUT2D eigenvalue weighted by atomic mass is 10.0. The van der Waals surface area contributed by atoms with Crippen molar-refractivity contribution in [2.24, 2.45) is 0 Å². The molecular weight excluding hydrogens is 438 g/mol. The summed E-state index contributed by atoms with van der Waals surface area (Å²) in [7, 11) is 0. The third-order valence-corrected chi connectivity index (χ3v) is 6.08. The minimum atomic E-state index is -0.164. The van der Waals surface area contributed by atoms with Gasteiger partial charge in [-0.15, -0.1) is 5.10 Å². The first-order valence-corrected chi connectivity index (χ1v) is 10.3. The molecule has 0 fully saturated rings. The van der Waals surface area contributed by atoms with Crippen LogP contribution in [0.15, 0.2) is 63.4 Å². The van der Waals surface area contributed by atoms with E-state index in [0.717, 1.165) is 26.9 Å². The molecule has 3 heterocycles. The Morgan fingerprint density at radius 1 is 1.18 bits per heavy atom. The van der Waals surface area contributed by atoms with Crippen LogP contribution in [0.25, 0.3) is 28.5 Å². The molecule has 0 aliphatic carbocycles. The van der Waals surface area contributed by atoms with E-state index >= 15 is 0 Å². The number of benzene rings is 2. The SMILES string of the molecule is C[C@@H]1Oc2ccccc2C=C1/C=c1/sc2nc(-c3ccc(Br)cc3)nn2c1=O. The summed E-state index contributed by atoms with van der Waals surface area (Å²) in [6.45, 7) is 1.98. The van der Waals surface area contributed by atoms with Gasteiger partial charge in [0.25, 0.3) is 5.56 Å². The Labute approximate surface area is 172 Å². The first kappa shape index (κ1) is 17.3. The Balaban J connectivity index is 1.58. The molecule has 0 spiro atoms. The molecule has 0 saturated heterocycles. The third-order valence-electron chi connectivity index (χ3n) is 4.60. The van der Waals surface area contributed by atoms with Crippen molar-refractivity contribution in [1.29, 1.82) is 0 Å². The second-order valence-electron chi connectivity index (χ2n) is 6.49. The van der Waals surface area contributed by atoms with Gasteiger partial charge in [0.1, 0.15) is 11.9 Å². The summed E-state index contributed by atoms with van der Waals surface area (Å²) >= 11 is 4.75. The van der Waals surface area contributed by atoms with Crippen molar-refractivity contribution in [2.45, 2.75) is 13.0 Å². The molecule has 7 heteroatoms. The van der Waals surface area contributed by atoms with Crippen LogP contribution in [0.4, 0.5) is 0 Å². The van der Waals surface area contributed by atoms with Crippen LogP contribution in [-0.2, 0) is 0 Å². The number of fused-ring (bicyclic) bond motifs is 2. The smallest absolute Gasteiger partial charge is 0.291 e. The topological polar surface area (TPSA) is 56.5 Å². The van der Waals surface area contributed by atoms with Gasteiger partial charge in [-0.05, 0) is 42.8 Å². The summed E-state index contributed by atoms with van der Waals surface area (Å²) in [6.07, 6.45) is 3.81. The zero-order valence-electron chi connectivity index (χ0n) is 14.8. The zero-order chi connectivity index (χ0) is 19.3. The van der Waals surface area contributed by atoms with Crippen molar-refractivity contribution in [2.75, 3.05) is 0 Å². The lowest BCUT2D eigenvalue weighted by Crippen LogP contribution is -2.26. The minimum absolute atomic E-state index is 0.130. The average Bonchev–Trinajstić information content (AvgIpc) is 3.23. The van der Waals surface area contributed by atoms with Crippen molar-refractivity contribution in [1.82, 2.24) is 14.6 Å². The molecule has 2 aromatic carbocycles. The summed E-state index contributed by atoms with van der Waals surface area (Å²) in [5.41, 5.74) is 2.67. The van der Waals surface area contributed by atoms with Crippen LogP contribution in [0.2, 0.25) is 0 Å². The second kappa shape index (κ2) is 6.68. The van der Waals surface area contributed by atoms with Crippen LogP contribution in [0.5, 0.6) is 5.75 Å². The van der Waals surface area contributed by atoms with E-state index in [1.807, 2.05) is 61.5 Å². The van der Waals surface area contributed by atoms with Crippen LogP contribution in [0.3, 0.4) is 0 Å². The molecular formula is C21H14BrN3O2S. The van der Waals surface area contributed by atoms with Crippen LogP contribution in [0.1, 0.15) is 12.5 Å². The molecule has 2 aromatic heterocycles. The molecule has 1 aliphatic heterocycles. The summed E-state index contributed by atoms with van der Waals surface area (Å²) < 4.78 is 8.91. The maximum atomic E-state index is 12.8. The van der Waals surface area contributed by atoms with Gasteiger partial charge in [0.15, 0.2) is 5.82 Å². The fraction of sp³-hybridized carbons (Fsp3) is 0.0952. The lowest BCUT2D eigenvalue weighted by molar-refractivity contribution is 0.259. The number of hydrogen-bond donors (Lipinski definition) is 0. The molecule has 0 saturated carbocycles. The monoisotopic (exact) mass is 451 g/mol. The first-order valence-electron chi connectivity index (χ1n) is 8.73. The molecule has 0 radical (unpaired) electrons. The molecule has 5 nitrogen and oxygen atoms in total. The number of thiazole rings is 1. The minimum Gasteiger partial charge on any atom is -0.485 e. The number of nitrogens with zero attached hydrogens (tertiary/aromatic N) is 3. The fourth-order valence-corrected chi connectivity index (χ4v) is 4.30. The van der Waals surface area contributed by atoms with E-state index in [2.05, 4.69) is 32.1 Å². The molecule has 28 heavy (non-hydrogen) atoms. The summed E-state index contributed by atoms with van der Waals surface area (Å²) in [5, 5.41) is 4.40. The summed E-state index contributed by atoms with van der Waals surface area (Å²) in [6, 6.07) is 15.6. The Morgan fingerprint density at radius 3 is 2.75 bits per heavy atom. The van der Waals surface area contributed by atoms with Gasteiger partial charge in [-0.1, -0.05) is 57.6 Å². The molecule has 0 amide bonds. The normalized spacial score (nSPS) is 16.7. The number of halogens is 1. The highest BCUT2D eigenvalue weighted by Crippen LogP contribution is 2.29. The van der Waals surface area contributed by atoms with E-state index in [-0.39, 0.29) is 11.7 Å². The van der Waals surface area contributed by atoms with E-state index in [0.29, 0.717) is 15.3 Å². The number of para-hydroxylation sites is 1. The van der Waals surface area contributed by atoms with Gasteiger partial charge in [0.05, 0.1) is 4.53 Å². The quantitative estimate of drug-likeness (QED) is 0.463. The van der Waals surface area contributed by atoms with Gasteiger partial charge in [0.2, 0.25) is 4.96 Å². The highest BCUT2D eigenvalue weighted by molar-refractivity contribution is 9.10. The predicted molar refractivity (Wildman–Crippen MR) is 114 cm³/mol. The van der Waals surface area contributed by atoms with Crippen LogP contribution in [-0.4, -0.2) is 20.7 Å². The van der Waals surface area contributed by atoms with Crippen molar-refractivity contribution in [3.8, 4) is 17.1 Å². The molecule has 0 bridgehead atoms. The van der Waals surface area contributed by atoms with E-state index in [4.69, 9.17) is 4.74 Å². The van der Waals surface area contributed by atoms with Gasteiger partial charge >= 0.3 is 0 Å². The van der Waals surface area contributed by atoms with Gasteiger partial charge in [-0.25, -0.2) is 0 Å². The Morgan fingerprint density at radius 2 is 1.96 bits per heavy atom. The highest BCUT2D eigenvalue weighted by atomic mass is 79.9. The number of aromatic nitrogens is 3. The van der Waals surface area contributed by atoms with Crippen molar-refractivity contribution in [3.63, 3.8) is 0 Å². The summed E-state index contributed by atoms with van der Waals surface area (Å²) in [5.74, 6) is 1.40. The van der Waals surface area contributed by atoms with E-state index in [1.54, 1.807) is 0 Å². The molecule has 1 aliphatic rings. The third kappa shape index (κ3) is 2.96. The van der Waals surface area contributed by atoms with Crippen molar-refractivity contribution < 1.29 is 4.74 Å². The largest absolute Gasteiger partial charge is 0.485 e. The van der Waals surface area contributed by atoms with Crippen molar-refractivity contribution in [3.05, 3.63) is 79.0 Å². The average molecular weight is 452 g/mol. The van der Waals surface area contributed by atoms with E-state index in [1.165, 1.54) is 15.9 Å². The second-order valence-corrected chi connectivity index (χ2v) is 8.42. The maximum absolute atomic E-state index is 12.8. The van der Waals surface area contributed by atoms with Gasteiger partial charge < -0.3 is 4.74 Å². The number of ether oxygens (including phenoxy) is 1. The molecule has 1 atom stereocenters. The first-order chi connectivity index (χ1) is 13.6. The molecule has 0 N–H and O–H groups in total. The van der Waals surface area contributed by atoms with E-state index in [9.17, 15) is 4.79 Å². The zero-order valence-corrected chi connectivity index (χ0v) is 17.2. The van der Waals surface area contributed by atoms with Gasteiger partial charge in [0, 0.05) is 15.6 Å². The fourth-order valence-electron chi connectivity index (χ4n) is 3.13. The number of hydrogen-bond acceptors (Lipinski definition) is 5. The van der Waals surface area contributed by atoms with Crippen LogP contribution < -0.4 is 14.8 Å². The Hall–Kier alpha value is -2.77. The van der Waals surface area contributed by atoms with E-state index < -0.39 is 0 Å². The standard InChI is InChI=1S/C21H14BrN3O2S/c1-12-15(10-14-4-2-3-5-17(14)27-12)11-18-20(26)25-21(28-18)23-19(24-25)13-6-8-16(22)9-7-13/h2-12H,1H3/b18-11+/t12-/m0/s1. The van der Waals surface area contributed by atoms with Crippen LogP contribution >= 0.6 is 27.3 Å².